The van der Waals surface area contributed by atoms with Crippen LogP contribution in [0.3, 0.4) is 0 Å². The molecule has 0 unspecified atom stereocenters. The van der Waals surface area contributed by atoms with Crippen molar-refractivity contribution < 1.29 is 27.8 Å². The molecule has 0 aliphatic heterocycles. The van der Waals surface area contributed by atoms with Crippen molar-refractivity contribution in [2.24, 2.45) is 0 Å². The van der Waals surface area contributed by atoms with E-state index in [-0.39, 0.29) is 16.1 Å². The van der Waals surface area contributed by atoms with Gasteiger partial charge in [-0.1, -0.05) is 12.1 Å². The number of esters is 1. The van der Waals surface area contributed by atoms with Gasteiger partial charge in [-0.2, -0.15) is 17.5 Å². The third-order valence-electron chi connectivity index (χ3n) is 2.50. The van der Waals surface area contributed by atoms with Crippen molar-refractivity contribution in [2.45, 2.75) is 6.18 Å². The molecule has 8 heteroatoms. The van der Waals surface area contributed by atoms with Gasteiger partial charge in [-0.3, -0.25) is 0 Å². The van der Waals surface area contributed by atoms with Crippen molar-refractivity contribution >= 4 is 17.5 Å². The number of aromatic nitrogens is 1. The molecule has 20 heavy (non-hydrogen) atoms. The predicted octanol–water partition coefficient (Wildman–Crippen LogP) is 3.32. The minimum Gasteiger partial charge on any atom is -0.504 e. The van der Waals surface area contributed by atoms with Crippen LogP contribution in [-0.4, -0.2) is 22.6 Å². The quantitative estimate of drug-likeness (QED) is 0.865. The van der Waals surface area contributed by atoms with Gasteiger partial charge in [0.25, 0.3) is 0 Å². The number of benzene rings is 1. The van der Waals surface area contributed by atoms with E-state index >= 15 is 0 Å². The van der Waals surface area contributed by atoms with E-state index in [1.807, 2.05) is 0 Å². The summed E-state index contributed by atoms with van der Waals surface area (Å²) in [5.41, 5.74) is -0.868. The Kier molecular flexibility index (Phi) is 3.67. The zero-order valence-corrected chi connectivity index (χ0v) is 10.9. The van der Waals surface area contributed by atoms with Gasteiger partial charge in [0.1, 0.15) is 5.69 Å². The van der Waals surface area contributed by atoms with Crippen LogP contribution in [0.5, 0.6) is 5.75 Å². The fourth-order valence-electron chi connectivity index (χ4n) is 1.54. The van der Waals surface area contributed by atoms with Crippen molar-refractivity contribution in [3.05, 3.63) is 34.7 Å². The van der Waals surface area contributed by atoms with Gasteiger partial charge >= 0.3 is 12.1 Å². The zero-order chi connectivity index (χ0) is 14.9. The number of halogens is 3. The number of hydrogen-bond donors (Lipinski definition) is 1. The average molecular weight is 303 g/mol. The Hall–Kier alpha value is -2.09. The standard InChI is InChI=1S/C12H8F3NO3S/c1-19-11(18)10-9(17)8(16-20-10)6-3-2-4-7(5-6)12(13,14)15/h2-5,17H,1H3. The van der Waals surface area contributed by atoms with Crippen LogP contribution in [-0.2, 0) is 10.9 Å². The third-order valence-corrected chi connectivity index (χ3v) is 3.32. The second-order valence-corrected chi connectivity index (χ2v) is 4.55. The van der Waals surface area contributed by atoms with Gasteiger partial charge in [0, 0.05) is 5.56 Å². The van der Waals surface area contributed by atoms with Crippen molar-refractivity contribution in [1.29, 1.82) is 0 Å². The molecular weight excluding hydrogens is 295 g/mol. The van der Waals surface area contributed by atoms with E-state index < -0.39 is 23.5 Å². The summed E-state index contributed by atoms with van der Waals surface area (Å²) in [5.74, 6) is -1.28. The summed E-state index contributed by atoms with van der Waals surface area (Å²) in [6.07, 6.45) is -4.49. The number of alkyl halides is 3. The SMILES string of the molecule is COC(=O)c1snc(-c2cccc(C(F)(F)F)c2)c1O. The summed E-state index contributed by atoms with van der Waals surface area (Å²) >= 11 is 0.661. The molecule has 0 radical (unpaired) electrons. The van der Waals surface area contributed by atoms with Crippen LogP contribution in [0.1, 0.15) is 15.2 Å². The lowest BCUT2D eigenvalue weighted by Gasteiger charge is -2.07. The molecule has 0 saturated heterocycles. The molecule has 0 saturated carbocycles. The maximum Gasteiger partial charge on any atom is 0.416 e. The van der Waals surface area contributed by atoms with Crippen molar-refractivity contribution in [2.75, 3.05) is 7.11 Å². The van der Waals surface area contributed by atoms with Crippen molar-refractivity contribution in [1.82, 2.24) is 4.37 Å². The number of nitrogens with zero attached hydrogens (tertiary/aromatic N) is 1. The van der Waals surface area contributed by atoms with Crippen LogP contribution in [0.15, 0.2) is 24.3 Å². The van der Waals surface area contributed by atoms with E-state index in [2.05, 4.69) is 9.11 Å². The second kappa shape index (κ2) is 5.12. The van der Waals surface area contributed by atoms with Gasteiger partial charge in [-0.15, -0.1) is 0 Å². The Bertz CT molecular complexity index is 652. The highest BCUT2D eigenvalue weighted by Gasteiger charge is 2.31. The molecule has 2 rings (SSSR count). The molecule has 2 aromatic rings. The van der Waals surface area contributed by atoms with E-state index in [9.17, 15) is 23.1 Å². The van der Waals surface area contributed by atoms with E-state index in [0.717, 1.165) is 19.2 Å². The van der Waals surface area contributed by atoms with Crippen LogP contribution < -0.4 is 0 Å². The van der Waals surface area contributed by atoms with Crippen LogP contribution in [0.2, 0.25) is 0 Å². The molecule has 106 valence electrons. The number of hydrogen-bond acceptors (Lipinski definition) is 5. The minimum absolute atomic E-state index is 0.0729. The Morgan fingerprint density at radius 2 is 2.10 bits per heavy atom. The van der Waals surface area contributed by atoms with Crippen molar-refractivity contribution in [3.8, 4) is 17.0 Å². The van der Waals surface area contributed by atoms with Crippen LogP contribution in [0.25, 0.3) is 11.3 Å². The molecule has 4 nitrogen and oxygen atoms in total. The van der Waals surface area contributed by atoms with Gasteiger partial charge in [0.15, 0.2) is 10.6 Å². The molecule has 0 atom stereocenters. The number of aromatic hydroxyl groups is 1. The largest absolute Gasteiger partial charge is 0.504 e. The smallest absolute Gasteiger partial charge is 0.416 e. The lowest BCUT2D eigenvalue weighted by molar-refractivity contribution is -0.137. The molecule has 1 aromatic carbocycles. The molecule has 0 aliphatic carbocycles. The highest BCUT2D eigenvalue weighted by atomic mass is 32.1. The Labute approximate surface area is 115 Å². The first-order valence-corrected chi connectivity index (χ1v) is 6.06. The van der Waals surface area contributed by atoms with E-state index in [0.29, 0.717) is 11.5 Å². The topological polar surface area (TPSA) is 59.4 Å². The molecule has 1 heterocycles. The minimum atomic E-state index is -4.49. The maximum absolute atomic E-state index is 12.6. The van der Waals surface area contributed by atoms with Gasteiger partial charge in [-0.05, 0) is 23.7 Å². The van der Waals surface area contributed by atoms with E-state index in [1.54, 1.807) is 0 Å². The highest BCUT2D eigenvalue weighted by molar-refractivity contribution is 7.08. The summed E-state index contributed by atoms with van der Waals surface area (Å²) in [4.78, 5) is 11.2. The Morgan fingerprint density at radius 1 is 1.40 bits per heavy atom. The lowest BCUT2D eigenvalue weighted by Crippen LogP contribution is -2.04. The van der Waals surface area contributed by atoms with Crippen LogP contribution in [0, 0.1) is 0 Å². The number of rotatable bonds is 2. The molecule has 0 aliphatic rings. The fourth-order valence-corrected chi connectivity index (χ4v) is 2.26. The molecule has 0 bridgehead atoms. The summed E-state index contributed by atoms with van der Waals surface area (Å²) in [7, 11) is 1.13. The first kappa shape index (κ1) is 14.3. The normalized spacial score (nSPS) is 11.4. The molecule has 0 spiro atoms. The molecule has 1 aromatic heterocycles. The molecular formula is C12H8F3NO3S. The molecule has 0 amide bonds. The lowest BCUT2D eigenvalue weighted by atomic mass is 10.1. The first-order chi connectivity index (χ1) is 9.34. The van der Waals surface area contributed by atoms with Crippen LogP contribution in [0.4, 0.5) is 13.2 Å². The van der Waals surface area contributed by atoms with Gasteiger partial charge in [-0.25, -0.2) is 4.79 Å². The van der Waals surface area contributed by atoms with Crippen LogP contribution >= 0.6 is 11.5 Å². The number of carbonyl (C=O) groups excluding carboxylic acids is 1. The molecule has 0 fully saturated rings. The van der Waals surface area contributed by atoms with Crippen molar-refractivity contribution in [3.63, 3.8) is 0 Å². The van der Waals surface area contributed by atoms with E-state index in [1.165, 1.54) is 12.1 Å². The number of methoxy groups -OCH3 is 1. The highest BCUT2D eigenvalue weighted by Crippen LogP contribution is 2.37. The third kappa shape index (κ3) is 2.60. The van der Waals surface area contributed by atoms with Gasteiger partial charge < -0.3 is 9.84 Å². The molecule has 1 N–H and O–H groups in total. The Balaban J connectivity index is 2.48. The Morgan fingerprint density at radius 3 is 2.70 bits per heavy atom. The first-order valence-electron chi connectivity index (χ1n) is 5.29. The monoisotopic (exact) mass is 303 g/mol. The number of carbonyl (C=O) groups is 1. The zero-order valence-electron chi connectivity index (χ0n) is 10.1. The fraction of sp³-hybridized carbons (Fsp3) is 0.167. The summed E-state index contributed by atoms with van der Waals surface area (Å²) < 4.78 is 46.1. The average Bonchev–Trinajstić information content (AvgIpc) is 2.79. The summed E-state index contributed by atoms with van der Waals surface area (Å²) in [6, 6.07) is 4.34. The van der Waals surface area contributed by atoms with E-state index in [4.69, 9.17) is 0 Å². The van der Waals surface area contributed by atoms with Gasteiger partial charge in [0.05, 0.1) is 12.7 Å². The van der Waals surface area contributed by atoms with Gasteiger partial charge in [0.2, 0.25) is 0 Å². The second-order valence-electron chi connectivity index (χ2n) is 3.78. The predicted molar refractivity (Wildman–Crippen MR) is 65.6 cm³/mol. The maximum atomic E-state index is 12.6. The number of ether oxygens (including phenoxy) is 1. The summed E-state index contributed by atoms with van der Waals surface area (Å²) in [6.45, 7) is 0. The summed E-state index contributed by atoms with van der Waals surface area (Å²) in [5, 5.41) is 9.84.